The highest BCUT2D eigenvalue weighted by atomic mass is 19.1. The third kappa shape index (κ3) is 6.11. The van der Waals surface area contributed by atoms with Gasteiger partial charge in [-0.2, -0.15) is 4.98 Å². The molecule has 4 aromatic rings. The number of hydrogen-bond acceptors (Lipinski definition) is 6. The van der Waals surface area contributed by atoms with Crippen molar-refractivity contribution in [2.24, 2.45) is 11.7 Å². The Morgan fingerprint density at radius 1 is 1.19 bits per heavy atom. The number of benzene rings is 2. The SMILES string of the molecule is Cc1ccc(C(=O)N(CCCN)CC(C)Cc2nc3onc(C)c3c(=O)n2Cc2cccc(F)c2)cc1. The molecule has 2 aromatic heterocycles. The largest absolute Gasteiger partial charge is 0.338 e. The zero-order chi connectivity index (χ0) is 26.5. The van der Waals surface area contributed by atoms with Crippen LogP contribution in [0.4, 0.5) is 4.39 Å². The first kappa shape index (κ1) is 26.2. The van der Waals surface area contributed by atoms with Crippen molar-refractivity contribution in [1.29, 1.82) is 0 Å². The van der Waals surface area contributed by atoms with E-state index >= 15 is 0 Å². The molecule has 0 spiro atoms. The number of nitrogens with two attached hydrogens (primary N) is 1. The molecule has 1 atom stereocenters. The Balaban J connectivity index is 1.63. The van der Waals surface area contributed by atoms with Crippen molar-refractivity contribution in [2.45, 2.75) is 40.2 Å². The van der Waals surface area contributed by atoms with Gasteiger partial charge in [0.15, 0.2) is 0 Å². The Kier molecular flexibility index (Phi) is 8.13. The monoisotopic (exact) mass is 505 g/mol. The number of rotatable bonds is 10. The second-order valence-electron chi connectivity index (χ2n) is 9.57. The maximum Gasteiger partial charge on any atom is 0.267 e. The van der Waals surface area contributed by atoms with E-state index in [1.165, 1.54) is 12.1 Å². The molecule has 4 rings (SSSR count). The zero-order valence-corrected chi connectivity index (χ0v) is 21.4. The summed E-state index contributed by atoms with van der Waals surface area (Å²) in [7, 11) is 0. The van der Waals surface area contributed by atoms with E-state index < -0.39 is 0 Å². The minimum absolute atomic E-state index is 0.0423. The fourth-order valence-corrected chi connectivity index (χ4v) is 4.44. The van der Waals surface area contributed by atoms with Gasteiger partial charge >= 0.3 is 0 Å². The number of aryl methyl sites for hydroxylation is 2. The summed E-state index contributed by atoms with van der Waals surface area (Å²) >= 11 is 0. The van der Waals surface area contributed by atoms with Gasteiger partial charge in [-0.25, -0.2) is 4.39 Å². The van der Waals surface area contributed by atoms with Gasteiger partial charge < -0.3 is 15.2 Å². The molecule has 0 bridgehead atoms. The summed E-state index contributed by atoms with van der Waals surface area (Å²) in [4.78, 5) is 33.1. The van der Waals surface area contributed by atoms with Crippen molar-refractivity contribution in [2.75, 3.05) is 19.6 Å². The molecule has 0 saturated heterocycles. The average molecular weight is 506 g/mol. The van der Waals surface area contributed by atoms with Crippen LogP contribution in [0.5, 0.6) is 0 Å². The summed E-state index contributed by atoms with van der Waals surface area (Å²) in [5.74, 6) is 0.0128. The first-order valence-electron chi connectivity index (χ1n) is 12.4. The molecule has 2 aromatic carbocycles. The molecule has 0 radical (unpaired) electrons. The molecule has 2 heterocycles. The Morgan fingerprint density at radius 3 is 2.65 bits per heavy atom. The summed E-state index contributed by atoms with van der Waals surface area (Å²) in [6.45, 7) is 7.29. The molecule has 8 nitrogen and oxygen atoms in total. The maximum atomic E-state index is 13.9. The van der Waals surface area contributed by atoms with E-state index in [0.29, 0.717) is 60.5 Å². The number of carbonyl (C=O) groups is 1. The lowest BCUT2D eigenvalue weighted by atomic mass is 10.0. The van der Waals surface area contributed by atoms with Crippen LogP contribution in [0.2, 0.25) is 0 Å². The van der Waals surface area contributed by atoms with E-state index in [0.717, 1.165) is 5.56 Å². The van der Waals surface area contributed by atoms with Crippen molar-refractivity contribution >= 4 is 17.0 Å². The Bertz CT molecular complexity index is 1440. The summed E-state index contributed by atoms with van der Waals surface area (Å²) in [6.07, 6.45) is 1.08. The van der Waals surface area contributed by atoms with Gasteiger partial charge in [0.05, 0.1) is 12.2 Å². The van der Waals surface area contributed by atoms with Crippen LogP contribution >= 0.6 is 0 Å². The lowest BCUT2D eigenvalue weighted by Gasteiger charge is -2.26. The van der Waals surface area contributed by atoms with E-state index in [1.807, 2.05) is 38.1 Å². The molecule has 0 aliphatic carbocycles. The first-order chi connectivity index (χ1) is 17.8. The number of amides is 1. The summed E-state index contributed by atoms with van der Waals surface area (Å²) in [5.41, 5.74) is 8.43. The van der Waals surface area contributed by atoms with E-state index in [1.54, 1.807) is 28.5 Å². The Labute approximate surface area is 214 Å². The van der Waals surface area contributed by atoms with Crippen LogP contribution in [-0.2, 0) is 13.0 Å². The molecule has 0 saturated carbocycles. The number of aromatic nitrogens is 3. The van der Waals surface area contributed by atoms with E-state index in [-0.39, 0.29) is 35.5 Å². The molecule has 0 fully saturated rings. The molecule has 194 valence electrons. The van der Waals surface area contributed by atoms with Gasteiger partial charge in [0.25, 0.3) is 17.2 Å². The highest BCUT2D eigenvalue weighted by Crippen LogP contribution is 2.18. The van der Waals surface area contributed by atoms with Crippen LogP contribution in [-0.4, -0.2) is 45.1 Å². The fourth-order valence-electron chi connectivity index (χ4n) is 4.44. The van der Waals surface area contributed by atoms with Crippen molar-refractivity contribution in [3.05, 3.63) is 92.9 Å². The molecule has 37 heavy (non-hydrogen) atoms. The van der Waals surface area contributed by atoms with Crippen LogP contribution < -0.4 is 11.3 Å². The predicted octanol–water partition coefficient (Wildman–Crippen LogP) is 3.86. The Hall–Kier alpha value is -3.85. The third-order valence-electron chi connectivity index (χ3n) is 6.36. The molecule has 0 aliphatic rings. The highest BCUT2D eigenvalue weighted by Gasteiger charge is 2.22. The van der Waals surface area contributed by atoms with Gasteiger partial charge in [0.1, 0.15) is 17.0 Å². The van der Waals surface area contributed by atoms with E-state index in [2.05, 4.69) is 10.1 Å². The molecule has 2 N–H and O–H groups in total. The van der Waals surface area contributed by atoms with Crippen LogP contribution in [0.3, 0.4) is 0 Å². The van der Waals surface area contributed by atoms with Gasteiger partial charge in [-0.15, -0.1) is 0 Å². The Morgan fingerprint density at radius 2 is 1.95 bits per heavy atom. The van der Waals surface area contributed by atoms with E-state index in [4.69, 9.17) is 10.3 Å². The lowest BCUT2D eigenvalue weighted by Crippen LogP contribution is -2.37. The molecule has 1 amide bonds. The zero-order valence-electron chi connectivity index (χ0n) is 21.4. The van der Waals surface area contributed by atoms with Gasteiger partial charge in [0.2, 0.25) is 0 Å². The average Bonchev–Trinajstić information content (AvgIpc) is 3.24. The smallest absolute Gasteiger partial charge is 0.267 e. The molecular weight excluding hydrogens is 473 g/mol. The standard InChI is InChI=1S/C28H32FN5O3/c1-18-8-10-22(11-9-18)27(35)33(13-5-12-30)16-19(2)14-24-31-26-25(20(3)32-37-26)28(36)34(24)17-21-6-4-7-23(29)15-21/h4,6-11,15,19H,5,12-14,16-17,30H2,1-3H3. The summed E-state index contributed by atoms with van der Waals surface area (Å²) < 4.78 is 20.7. The fraction of sp³-hybridized carbons (Fsp3) is 0.357. The molecule has 0 aliphatic heterocycles. The maximum absolute atomic E-state index is 13.9. The van der Waals surface area contributed by atoms with Crippen LogP contribution in [0.1, 0.15) is 46.3 Å². The van der Waals surface area contributed by atoms with Gasteiger partial charge in [0, 0.05) is 25.1 Å². The summed E-state index contributed by atoms with van der Waals surface area (Å²) in [6, 6.07) is 13.6. The number of hydrogen-bond donors (Lipinski definition) is 1. The van der Waals surface area contributed by atoms with Crippen molar-refractivity contribution in [3.8, 4) is 0 Å². The summed E-state index contributed by atoms with van der Waals surface area (Å²) in [5, 5.41) is 4.22. The minimum atomic E-state index is -0.374. The molecule has 9 heteroatoms. The highest BCUT2D eigenvalue weighted by molar-refractivity contribution is 5.94. The minimum Gasteiger partial charge on any atom is -0.338 e. The van der Waals surface area contributed by atoms with Gasteiger partial charge in [-0.05, 0) is 62.6 Å². The molecular formula is C28H32FN5O3. The third-order valence-corrected chi connectivity index (χ3v) is 6.36. The van der Waals surface area contributed by atoms with Crippen molar-refractivity contribution < 1.29 is 13.7 Å². The van der Waals surface area contributed by atoms with Crippen molar-refractivity contribution in [3.63, 3.8) is 0 Å². The van der Waals surface area contributed by atoms with Crippen LogP contribution in [0.15, 0.2) is 57.8 Å². The van der Waals surface area contributed by atoms with Gasteiger partial charge in [-0.3, -0.25) is 14.2 Å². The predicted molar refractivity (Wildman–Crippen MR) is 140 cm³/mol. The number of carbonyl (C=O) groups excluding carboxylic acids is 1. The molecule has 1 unspecified atom stereocenters. The van der Waals surface area contributed by atoms with Crippen LogP contribution in [0, 0.1) is 25.6 Å². The number of fused-ring (bicyclic) bond motifs is 1. The van der Waals surface area contributed by atoms with Gasteiger partial charge in [-0.1, -0.05) is 41.9 Å². The van der Waals surface area contributed by atoms with Crippen LogP contribution in [0.25, 0.3) is 11.1 Å². The second-order valence-corrected chi connectivity index (χ2v) is 9.57. The second kappa shape index (κ2) is 11.5. The quantitative estimate of drug-likeness (QED) is 0.351. The normalized spacial score (nSPS) is 12.1. The van der Waals surface area contributed by atoms with E-state index in [9.17, 15) is 14.0 Å². The topological polar surface area (TPSA) is 107 Å². The lowest BCUT2D eigenvalue weighted by molar-refractivity contribution is 0.0730. The first-order valence-corrected chi connectivity index (χ1v) is 12.4. The number of nitrogens with zero attached hydrogens (tertiary/aromatic N) is 4. The number of halogens is 1. The van der Waals surface area contributed by atoms with Crippen molar-refractivity contribution in [1.82, 2.24) is 19.6 Å².